The van der Waals surface area contributed by atoms with E-state index in [9.17, 15) is 5.21 Å². The van der Waals surface area contributed by atoms with Gasteiger partial charge in [-0.3, -0.25) is 0 Å². The van der Waals surface area contributed by atoms with Gasteiger partial charge in [0.2, 0.25) is 0 Å². The predicted molar refractivity (Wildman–Crippen MR) is 38.2 cm³/mol. The lowest BCUT2D eigenvalue weighted by molar-refractivity contribution is -0.865. The maximum Gasteiger partial charge on any atom is 0.0796 e. The minimum atomic E-state index is -0.0940. The van der Waals surface area contributed by atoms with E-state index in [0.29, 0.717) is 13.1 Å². The molecule has 0 unspecified atom stereocenters. The van der Waals surface area contributed by atoms with Crippen molar-refractivity contribution in [2.24, 2.45) is 0 Å². The summed E-state index contributed by atoms with van der Waals surface area (Å²) in [6, 6.07) is 0. The molecule has 9 heavy (non-hydrogen) atoms. The third-order valence-electron chi connectivity index (χ3n) is 1.83. The molecular formula is C6H12ClNO. The maximum absolute atomic E-state index is 11.1. The quantitative estimate of drug-likeness (QED) is 0.290. The number of rotatable bonds is 0. The Balaban J connectivity index is 2.35. The van der Waals surface area contributed by atoms with Gasteiger partial charge in [-0.25, -0.2) is 0 Å². The lowest BCUT2D eigenvalue weighted by Crippen LogP contribution is -2.44. The number of hydrogen-bond donors (Lipinski definition) is 0. The molecule has 0 saturated carbocycles. The van der Waals surface area contributed by atoms with Gasteiger partial charge in [0.15, 0.2) is 0 Å². The zero-order chi connectivity index (χ0) is 6.91. The minimum Gasteiger partial charge on any atom is -0.633 e. The Morgan fingerprint density at radius 1 is 1.44 bits per heavy atom. The van der Waals surface area contributed by atoms with E-state index in [0.717, 1.165) is 12.8 Å². The van der Waals surface area contributed by atoms with Gasteiger partial charge in [-0.2, -0.15) is 0 Å². The van der Waals surface area contributed by atoms with Crippen LogP contribution in [0, 0.1) is 5.21 Å². The average molecular weight is 150 g/mol. The highest BCUT2D eigenvalue weighted by Gasteiger charge is 2.21. The van der Waals surface area contributed by atoms with Crippen molar-refractivity contribution >= 4 is 11.6 Å². The van der Waals surface area contributed by atoms with E-state index >= 15 is 0 Å². The Morgan fingerprint density at radius 2 is 1.89 bits per heavy atom. The molecule has 1 aliphatic rings. The van der Waals surface area contributed by atoms with E-state index in [1.165, 1.54) is 0 Å². The number of halogens is 1. The topological polar surface area (TPSA) is 23.1 Å². The van der Waals surface area contributed by atoms with Crippen molar-refractivity contribution in [2.75, 3.05) is 20.1 Å². The summed E-state index contributed by atoms with van der Waals surface area (Å²) in [6.07, 6.45) is 1.75. The van der Waals surface area contributed by atoms with Gasteiger partial charge in [-0.15, -0.1) is 11.6 Å². The van der Waals surface area contributed by atoms with Crippen molar-refractivity contribution in [3.05, 3.63) is 5.21 Å². The number of hydroxylamine groups is 3. The van der Waals surface area contributed by atoms with Crippen molar-refractivity contribution in [2.45, 2.75) is 18.2 Å². The van der Waals surface area contributed by atoms with Crippen LogP contribution in [0.2, 0.25) is 0 Å². The fourth-order valence-corrected chi connectivity index (χ4v) is 1.28. The second kappa shape index (κ2) is 2.45. The molecule has 0 amide bonds. The highest BCUT2D eigenvalue weighted by atomic mass is 35.5. The third kappa shape index (κ3) is 2.12. The normalized spacial score (nSPS) is 45.0. The van der Waals surface area contributed by atoms with Crippen LogP contribution in [0.4, 0.5) is 0 Å². The molecule has 1 heterocycles. The number of likely N-dealkylation sites (tertiary alicyclic amines) is 1. The lowest BCUT2D eigenvalue weighted by Gasteiger charge is -2.42. The Bertz CT molecular complexity index is 95.2. The van der Waals surface area contributed by atoms with E-state index < -0.39 is 0 Å². The molecule has 0 aromatic carbocycles. The highest BCUT2D eigenvalue weighted by Crippen LogP contribution is 2.18. The molecule has 0 aromatic heterocycles. The van der Waals surface area contributed by atoms with Crippen LogP contribution in [0.15, 0.2) is 0 Å². The van der Waals surface area contributed by atoms with Crippen molar-refractivity contribution in [1.82, 2.24) is 0 Å². The lowest BCUT2D eigenvalue weighted by atomic mass is 10.1. The van der Waals surface area contributed by atoms with E-state index in [-0.39, 0.29) is 10.0 Å². The molecular weight excluding hydrogens is 138 g/mol. The first-order valence-corrected chi connectivity index (χ1v) is 3.73. The molecule has 0 atom stereocenters. The number of piperidine rings is 1. The van der Waals surface area contributed by atoms with Crippen LogP contribution in [0.3, 0.4) is 0 Å². The third-order valence-corrected chi connectivity index (χ3v) is 2.27. The Morgan fingerprint density at radius 3 is 2.22 bits per heavy atom. The summed E-state index contributed by atoms with van der Waals surface area (Å²) < 4.78 is -0.0940. The Labute approximate surface area is 60.6 Å². The van der Waals surface area contributed by atoms with Crippen LogP contribution in [-0.2, 0) is 0 Å². The zero-order valence-electron chi connectivity index (χ0n) is 5.64. The van der Waals surface area contributed by atoms with E-state index in [1.807, 2.05) is 0 Å². The van der Waals surface area contributed by atoms with Crippen molar-refractivity contribution in [3.8, 4) is 0 Å². The molecule has 0 spiro atoms. The molecule has 0 N–H and O–H groups in total. The number of quaternary nitrogens is 1. The molecule has 1 rings (SSSR count). The molecule has 0 radical (unpaired) electrons. The van der Waals surface area contributed by atoms with Crippen LogP contribution in [0.1, 0.15) is 12.8 Å². The molecule has 3 heteroatoms. The molecule has 0 aromatic rings. The SMILES string of the molecule is C[N+]1([O-])CCC(Cl)CC1. The number of alkyl halides is 1. The van der Waals surface area contributed by atoms with Gasteiger partial charge in [0.1, 0.15) is 0 Å². The maximum atomic E-state index is 11.1. The Hall–Kier alpha value is 0.210. The van der Waals surface area contributed by atoms with E-state index in [1.54, 1.807) is 7.05 Å². The molecule has 1 fully saturated rings. The van der Waals surface area contributed by atoms with Crippen molar-refractivity contribution < 1.29 is 4.65 Å². The molecule has 54 valence electrons. The van der Waals surface area contributed by atoms with Gasteiger partial charge in [-0.05, 0) is 0 Å². The van der Waals surface area contributed by atoms with Gasteiger partial charge >= 0.3 is 0 Å². The summed E-state index contributed by atoms with van der Waals surface area (Å²) in [6.45, 7) is 1.38. The zero-order valence-corrected chi connectivity index (χ0v) is 6.40. The number of nitrogens with zero attached hydrogens (tertiary/aromatic N) is 1. The largest absolute Gasteiger partial charge is 0.633 e. The van der Waals surface area contributed by atoms with Crippen LogP contribution < -0.4 is 0 Å². The summed E-state index contributed by atoms with van der Waals surface area (Å²) >= 11 is 5.80. The fraction of sp³-hybridized carbons (Fsp3) is 1.00. The predicted octanol–water partition coefficient (Wildman–Crippen LogP) is 1.33. The van der Waals surface area contributed by atoms with Gasteiger partial charge in [0, 0.05) is 18.2 Å². The summed E-state index contributed by atoms with van der Waals surface area (Å²) in [5.74, 6) is 0. The molecule has 1 aliphatic heterocycles. The van der Waals surface area contributed by atoms with Crippen molar-refractivity contribution in [3.63, 3.8) is 0 Å². The summed E-state index contributed by atoms with van der Waals surface area (Å²) in [5.41, 5.74) is 0. The monoisotopic (exact) mass is 149 g/mol. The Kier molecular flexibility index (Phi) is 1.99. The van der Waals surface area contributed by atoms with Gasteiger partial charge in [0.05, 0.1) is 20.1 Å². The van der Waals surface area contributed by atoms with Crippen LogP contribution in [0.25, 0.3) is 0 Å². The van der Waals surface area contributed by atoms with Crippen LogP contribution in [-0.4, -0.2) is 30.2 Å². The summed E-state index contributed by atoms with van der Waals surface area (Å²) in [5, 5.41) is 11.4. The fourth-order valence-electron chi connectivity index (χ4n) is 1.08. The summed E-state index contributed by atoms with van der Waals surface area (Å²) in [7, 11) is 1.71. The first-order valence-electron chi connectivity index (χ1n) is 3.30. The molecule has 2 nitrogen and oxygen atoms in total. The molecule has 1 saturated heterocycles. The average Bonchev–Trinajstić information content (AvgIpc) is 1.78. The highest BCUT2D eigenvalue weighted by molar-refractivity contribution is 6.20. The van der Waals surface area contributed by atoms with Gasteiger partial charge in [-0.1, -0.05) is 0 Å². The molecule has 0 aliphatic carbocycles. The second-order valence-electron chi connectivity index (χ2n) is 2.92. The smallest absolute Gasteiger partial charge is 0.0796 e. The first kappa shape index (κ1) is 7.32. The summed E-state index contributed by atoms with van der Waals surface area (Å²) in [4.78, 5) is 0. The minimum absolute atomic E-state index is 0.0940. The number of hydrogen-bond acceptors (Lipinski definition) is 1. The van der Waals surface area contributed by atoms with Gasteiger partial charge in [0.25, 0.3) is 0 Å². The standard InChI is InChI=1S/C6H12ClNO/c1-8(9)4-2-6(7)3-5-8/h6H,2-5H2,1H3. The van der Waals surface area contributed by atoms with Gasteiger partial charge < -0.3 is 9.85 Å². The first-order chi connectivity index (χ1) is 4.10. The van der Waals surface area contributed by atoms with Crippen LogP contribution in [0.5, 0.6) is 0 Å². The van der Waals surface area contributed by atoms with E-state index in [2.05, 4.69) is 0 Å². The second-order valence-corrected chi connectivity index (χ2v) is 3.54. The van der Waals surface area contributed by atoms with E-state index in [4.69, 9.17) is 11.6 Å². The van der Waals surface area contributed by atoms with Crippen LogP contribution >= 0.6 is 11.6 Å². The van der Waals surface area contributed by atoms with Crippen molar-refractivity contribution in [1.29, 1.82) is 0 Å². The molecule has 0 bridgehead atoms.